The maximum absolute atomic E-state index is 12.7. The molecule has 2 heterocycles. The standard InChI is InChI=1S/C23H26O5/c1-6-13(2)9-14(3)7-8-17-10-16-11-19(25)23(5)21(18(16)12-27-17)20(15(4)24)22(26)28-23/h7-13,20-21H,6H2,1-5H3/b8-7+,14-9+/t13-,20+,21-,23-/m0/s1. The minimum atomic E-state index is -1.36. The molecule has 3 rings (SSSR count). The number of ether oxygens (including phenoxy) is 2. The van der Waals surface area contributed by atoms with Crippen LogP contribution in [0, 0.1) is 17.8 Å². The van der Waals surface area contributed by atoms with Gasteiger partial charge in [-0.05, 0) is 50.5 Å². The molecular formula is C23H26O5. The maximum atomic E-state index is 12.7. The van der Waals surface area contributed by atoms with Gasteiger partial charge in [-0.1, -0.05) is 38.0 Å². The van der Waals surface area contributed by atoms with E-state index in [0.29, 0.717) is 22.8 Å². The second-order valence-electron chi connectivity index (χ2n) is 7.93. The lowest BCUT2D eigenvalue weighted by Gasteiger charge is -2.35. The first-order valence-corrected chi connectivity index (χ1v) is 9.62. The number of carbonyl (C=O) groups excluding carboxylic acids is 3. The highest BCUT2D eigenvalue weighted by Crippen LogP contribution is 2.49. The van der Waals surface area contributed by atoms with Gasteiger partial charge in [0.15, 0.2) is 11.4 Å². The van der Waals surface area contributed by atoms with Crippen LogP contribution >= 0.6 is 0 Å². The first kappa shape index (κ1) is 20.1. The summed E-state index contributed by atoms with van der Waals surface area (Å²) in [5.41, 5.74) is 1.08. The lowest BCUT2D eigenvalue weighted by Crippen LogP contribution is -2.46. The molecule has 0 unspecified atom stereocenters. The average molecular weight is 382 g/mol. The van der Waals surface area contributed by atoms with E-state index in [2.05, 4.69) is 19.9 Å². The van der Waals surface area contributed by atoms with Gasteiger partial charge in [0.25, 0.3) is 0 Å². The Balaban J connectivity index is 1.91. The van der Waals surface area contributed by atoms with E-state index in [1.165, 1.54) is 19.3 Å². The molecule has 1 aliphatic carbocycles. The average Bonchev–Trinajstić information content (AvgIpc) is 2.92. The van der Waals surface area contributed by atoms with E-state index in [-0.39, 0.29) is 11.6 Å². The molecule has 3 aliphatic rings. The maximum Gasteiger partial charge on any atom is 0.318 e. The van der Waals surface area contributed by atoms with E-state index >= 15 is 0 Å². The van der Waals surface area contributed by atoms with Gasteiger partial charge in [-0.15, -0.1) is 0 Å². The van der Waals surface area contributed by atoms with Crippen LogP contribution in [-0.4, -0.2) is 23.1 Å². The molecule has 148 valence electrons. The largest absolute Gasteiger partial charge is 0.465 e. The zero-order chi connectivity index (χ0) is 20.6. The first-order valence-electron chi connectivity index (χ1n) is 9.62. The highest BCUT2D eigenvalue weighted by Gasteiger charge is 2.61. The number of rotatable bonds is 5. The van der Waals surface area contributed by atoms with E-state index in [0.717, 1.165) is 12.0 Å². The number of ketones is 2. The van der Waals surface area contributed by atoms with Gasteiger partial charge in [-0.25, -0.2) is 0 Å². The minimum absolute atomic E-state index is 0.309. The van der Waals surface area contributed by atoms with Gasteiger partial charge in [0.2, 0.25) is 0 Å². The Labute approximate surface area is 165 Å². The van der Waals surface area contributed by atoms with Crippen LogP contribution < -0.4 is 0 Å². The molecule has 0 aromatic rings. The normalized spacial score (nSPS) is 30.6. The van der Waals surface area contributed by atoms with Gasteiger partial charge in [-0.3, -0.25) is 14.4 Å². The van der Waals surface area contributed by atoms with Crippen LogP contribution in [0.5, 0.6) is 0 Å². The van der Waals surface area contributed by atoms with Crippen molar-refractivity contribution in [3.05, 3.63) is 59.1 Å². The Morgan fingerprint density at radius 2 is 2.00 bits per heavy atom. The second kappa shape index (κ2) is 7.38. The molecule has 0 aromatic carbocycles. The Morgan fingerprint density at radius 3 is 2.64 bits per heavy atom. The molecule has 0 N–H and O–H groups in total. The van der Waals surface area contributed by atoms with E-state index < -0.39 is 23.4 Å². The van der Waals surface area contributed by atoms with Crippen LogP contribution in [0.3, 0.4) is 0 Å². The number of fused-ring (bicyclic) bond motifs is 3. The highest BCUT2D eigenvalue weighted by molar-refractivity contribution is 6.09. The van der Waals surface area contributed by atoms with Crippen molar-refractivity contribution in [2.24, 2.45) is 17.8 Å². The predicted molar refractivity (Wildman–Crippen MR) is 105 cm³/mol. The third kappa shape index (κ3) is 3.41. The number of carbonyl (C=O) groups is 3. The van der Waals surface area contributed by atoms with Crippen molar-refractivity contribution in [1.82, 2.24) is 0 Å². The number of Topliss-reactive ketones (excluding diaryl/α,β-unsaturated/α-hetero) is 1. The summed E-state index contributed by atoms with van der Waals surface area (Å²) in [7, 11) is 0. The molecule has 0 amide bonds. The van der Waals surface area contributed by atoms with Crippen LogP contribution in [0.25, 0.3) is 0 Å². The van der Waals surface area contributed by atoms with E-state index in [1.54, 1.807) is 13.0 Å². The third-order valence-corrected chi connectivity index (χ3v) is 5.70. The van der Waals surface area contributed by atoms with Gasteiger partial charge in [0.05, 0.1) is 12.2 Å². The quantitative estimate of drug-likeness (QED) is 0.409. The van der Waals surface area contributed by atoms with Crippen LogP contribution in [0.4, 0.5) is 0 Å². The van der Waals surface area contributed by atoms with Crippen molar-refractivity contribution >= 4 is 17.5 Å². The molecule has 28 heavy (non-hydrogen) atoms. The van der Waals surface area contributed by atoms with Crippen molar-refractivity contribution in [2.75, 3.05) is 0 Å². The summed E-state index contributed by atoms with van der Waals surface area (Å²) < 4.78 is 11.1. The van der Waals surface area contributed by atoms with Crippen molar-refractivity contribution in [3.8, 4) is 0 Å². The lowest BCUT2D eigenvalue weighted by molar-refractivity contribution is -0.156. The molecule has 0 saturated carbocycles. The minimum Gasteiger partial charge on any atom is -0.465 e. The Morgan fingerprint density at radius 1 is 1.29 bits per heavy atom. The highest BCUT2D eigenvalue weighted by atomic mass is 16.6. The van der Waals surface area contributed by atoms with Gasteiger partial charge < -0.3 is 9.47 Å². The van der Waals surface area contributed by atoms with Crippen LogP contribution in [0.2, 0.25) is 0 Å². The Bertz CT molecular complexity index is 883. The number of hydrogen-bond acceptors (Lipinski definition) is 5. The Kier molecular flexibility index (Phi) is 5.28. The predicted octanol–water partition coefficient (Wildman–Crippen LogP) is 3.98. The van der Waals surface area contributed by atoms with Crippen molar-refractivity contribution in [3.63, 3.8) is 0 Å². The fourth-order valence-electron chi connectivity index (χ4n) is 3.93. The van der Waals surface area contributed by atoms with Gasteiger partial charge in [0, 0.05) is 5.57 Å². The zero-order valence-corrected chi connectivity index (χ0v) is 16.9. The Hall–Kier alpha value is -2.69. The van der Waals surface area contributed by atoms with E-state index in [9.17, 15) is 14.4 Å². The summed E-state index contributed by atoms with van der Waals surface area (Å²) in [6.45, 7) is 9.25. The van der Waals surface area contributed by atoms with Crippen LogP contribution in [0.1, 0.15) is 41.0 Å². The zero-order valence-electron chi connectivity index (χ0n) is 16.9. The van der Waals surface area contributed by atoms with Crippen LogP contribution in [0.15, 0.2) is 59.1 Å². The van der Waals surface area contributed by atoms with Gasteiger partial charge >= 0.3 is 5.97 Å². The van der Waals surface area contributed by atoms with Gasteiger partial charge in [-0.2, -0.15) is 0 Å². The SMILES string of the molecule is CC[C@H](C)/C=C(C)/C=C/C1=CC2=CC(=O)[C@]3(C)OC(=O)[C@H](C(C)=O)[C@@H]3C2=CO1. The molecule has 0 radical (unpaired) electrons. The summed E-state index contributed by atoms with van der Waals surface area (Å²) in [6, 6.07) is 0. The molecule has 5 heteroatoms. The first-order chi connectivity index (χ1) is 13.2. The molecule has 1 saturated heterocycles. The smallest absolute Gasteiger partial charge is 0.318 e. The van der Waals surface area contributed by atoms with Crippen molar-refractivity contribution in [2.45, 2.75) is 46.6 Å². The van der Waals surface area contributed by atoms with E-state index in [1.807, 2.05) is 19.1 Å². The third-order valence-electron chi connectivity index (χ3n) is 5.70. The molecule has 0 aromatic heterocycles. The van der Waals surface area contributed by atoms with Crippen molar-refractivity contribution in [1.29, 1.82) is 0 Å². The summed E-state index contributed by atoms with van der Waals surface area (Å²) in [6.07, 6.45) is 11.8. The van der Waals surface area contributed by atoms with Gasteiger partial charge in [0.1, 0.15) is 17.5 Å². The van der Waals surface area contributed by atoms with Crippen LogP contribution in [-0.2, 0) is 23.9 Å². The molecule has 2 aliphatic heterocycles. The topological polar surface area (TPSA) is 69.7 Å². The monoisotopic (exact) mass is 382 g/mol. The molecule has 5 nitrogen and oxygen atoms in total. The fourth-order valence-corrected chi connectivity index (χ4v) is 3.93. The summed E-state index contributed by atoms with van der Waals surface area (Å²) >= 11 is 0. The molecule has 0 spiro atoms. The molecule has 1 fully saturated rings. The number of esters is 1. The molecule has 4 atom stereocenters. The summed E-state index contributed by atoms with van der Waals surface area (Å²) in [5, 5.41) is 0. The number of allylic oxidation sites excluding steroid dienone is 6. The van der Waals surface area contributed by atoms with Crippen molar-refractivity contribution < 1.29 is 23.9 Å². The van der Waals surface area contributed by atoms with E-state index in [4.69, 9.17) is 9.47 Å². The lowest BCUT2D eigenvalue weighted by atomic mass is 9.68. The number of hydrogen-bond donors (Lipinski definition) is 0. The summed E-state index contributed by atoms with van der Waals surface area (Å²) in [4.78, 5) is 37.0. The fraction of sp³-hybridized carbons (Fsp3) is 0.435. The second-order valence-corrected chi connectivity index (χ2v) is 7.93. The molecule has 0 bridgehead atoms. The summed E-state index contributed by atoms with van der Waals surface area (Å²) in [5.74, 6) is -1.84. The molecular weight excluding hydrogens is 356 g/mol.